The number of aromatic nitrogens is 2. The van der Waals surface area contributed by atoms with Gasteiger partial charge >= 0.3 is 0 Å². The third-order valence-corrected chi connectivity index (χ3v) is 5.31. The molecule has 0 bridgehead atoms. The average molecular weight is 430 g/mol. The van der Waals surface area contributed by atoms with Crippen molar-refractivity contribution in [2.45, 2.75) is 19.4 Å². The number of hydrogen-bond acceptors (Lipinski definition) is 5. The molecule has 0 saturated carbocycles. The van der Waals surface area contributed by atoms with Crippen LogP contribution in [0.25, 0.3) is 22.2 Å². The molecule has 4 aromatic rings. The van der Waals surface area contributed by atoms with E-state index < -0.39 is 6.10 Å². The van der Waals surface area contributed by atoms with Gasteiger partial charge in [-0.1, -0.05) is 42.8 Å². The van der Waals surface area contributed by atoms with Gasteiger partial charge in [-0.15, -0.1) is 6.10 Å². The van der Waals surface area contributed by atoms with Gasteiger partial charge in [0, 0.05) is 16.6 Å². The summed E-state index contributed by atoms with van der Waals surface area (Å²) in [6, 6.07) is 18.4. The van der Waals surface area contributed by atoms with Crippen LogP contribution >= 0.6 is 0 Å². The van der Waals surface area contributed by atoms with Gasteiger partial charge in [0.15, 0.2) is 11.5 Å². The molecule has 7 heteroatoms. The minimum absolute atomic E-state index is 0.143. The van der Waals surface area contributed by atoms with Gasteiger partial charge < -0.3 is 19.9 Å². The Labute approximate surface area is 186 Å². The number of rotatable bonds is 7. The first-order valence-electron chi connectivity index (χ1n) is 10.2. The molecule has 1 atom stereocenters. The summed E-state index contributed by atoms with van der Waals surface area (Å²) in [4.78, 5) is 12.6. The summed E-state index contributed by atoms with van der Waals surface area (Å²) in [5.41, 5.74) is 4.75. The highest BCUT2D eigenvalue weighted by Crippen LogP contribution is 2.30. The number of fused-ring (bicyclic) bond motifs is 1. The van der Waals surface area contributed by atoms with E-state index >= 15 is 0 Å². The number of aromatic amines is 1. The van der Waals surface area contributed by atoms with E-state index in [1.807, 2.05) is 48.5 Å². The second kappa shape index (κ2) is 9.11. The number of benzene rings is 3. The van der Waals surface area contributed by atoms with E-state index in [4.69, 9.17) is 9.47 Å². The van der Waals surface area contributed by atoms with E-state index in [0.29, 0.717) is 17.2 Å². The number of anilines is 1. The number of hydrogen-bond donors (Lipinski definition) is 2. The lowest BCUT2D eigenvalue weighted by Gasteiger charge is -2.16. The van der Waals surface area contributed by atoms with Crippen LogP contribution in [-0.4, -0.2) is 30.3 Å². The van der Waals surface area contributed by atoms with Crippen molar-refractivity contribution in [3.63, 3.8) is 0 Å². The van der Waals surface area contributed by atoms with Gasteiger partial charge in [-0.25, -0.2) is 0 Å². The number of amides is 1. The average Bonchev–Trinajstić information content (AvgIpc) is 3.22. The van der Waals surface area contributed by atoms with E-state index in [2.05, 4.69) is 15.5 Å². The smallest absolute Gasteiger partial charge is 0.228 e. The summed E-state index contributed by atoms with van der Waals surface area (Å²) in [7, 11) is 3.14. The quantitative estimate of drug-likeness (QED) is 0.464. The van der Waals surface area contributed by atoms with Crippen LogP contribution in [0.5, 0.6) is 11.5 Å². The Morgan fingerprint density at radius 3 is 2.47 bits per heavy atom. The zero-order valence-electron chi connectivity index (χ0n) is 18.1. The number of carbonyl (C=O) groups is 1. The zero-order chi connectivity index (χ0) is 22.7. The van der Waals surface area contributed by atoms with Gasteiger partial charge in [0.25, 0.3) is 0 Å². The van der Waals surface area contributed by atoms with Gasteiger partial charge in [0.1, 0.15) is 0 Å². The number of ether oxygens (including phenoxy) is 2. The van der Waals surface area contributed by atoms with E-state index in [1.165, 1.54) is 0 Å². The largest absolute Gasteiger partial charge is 0.849 e. The fraction of sp³-hybridized carbons (Fsp3) is 0.200. The summed E-state index contributed by atoms with van der Waals surface area (Å²) in [6.07, 6.45) is -0.571. The normalized spacial score (nSPS) is 11.9. The maximum absolute atomic E-state index is 12.6. The number of nitrogens with zero attached hydrogens (tertiary/aromatic N) is 1. The maximum atomic E-state index is 12.6. The molecule has 1 aromatic heterocycles. The predicted octanol–water partition coefficient (Wildman–Crippen LogP) is 3.85. The molecule has 1 unspecified atom stereocenters. The molecule has 164 valence electrons. The molecule has 7 nitrogen and oxygen atoms in total. The fourth-order valence-electron chi connectivity index (χ4n) is 3.61. The molecule has 1 heterocycles. The molecule has 4 rings (SSSR count). The lowest BCUT2D eigenvalue weighted by atomic mass is 10.0. The molecule has 0 radical (unpaired) electrons. The molecule has 32 heavy (non-hydrogen) atoms. The lowest BCUT2D eigenvalue weighted by Crippen LogP contribution is -2.14. The SMILES string of the molecule is COc1ccc(CC(=O)Nc2ccc3[nH]nc(-c4ccc(C(C)[O-])cc4)c3c2)cc1OC. The number of methoxy groups -OCH3 is 2. The van der Waals surface area contributed by atoms with Crippen molar-refractivity contribution in [1.29, 1.82) is 0 Å². The third-order valence-electron chi connectivity index (χ3n) is 5.31. The van der Waals surface area contributed by atoms with Gasteiger partial charge in [0.05, 0.1) is 31.9 Å². The van der Waals surface area contributed by atoms with E-state index in [-0.39, 0.29) is 12.3 Å². The van der Waals surface area contributed by atoms with Crippen LogP contribution in [0, 0.1) is 0 Å². The molecular formula is C25H24N3O4-. The minimum Gasteiger partial charge on any atom is -0.849 e. The van der Waals surface area contributed by atoms with E-state index in [0.717, 1.165) is 33.3 Å². The summed E-state index contributed by atoms with van der Waals surface area (Å²) in [5, 5.41) is 22.9. The first-order chi connectivity index (χ1) is 15.5. The van der Waals surface area contributed by atoms with Gasteiger partial charge in [0.2, 0.25) is 5.91 Å². The Balaban J connectivity index is 1.54. The van der Waals surface area contributed by atoms with Crippen molar-refractivity contribution in [1.82, 2.24) is 10.2 Å². The summed E-state index contributed by atoms with van der Waals surface area (Å²) in [5.74, 6) is 1.06. The van der Waals surface area contributed by atoms with Crippen molar-refractivity contribution >= 4 is 22.5 Å². The van der Waals surface area contributed by atoms with Crippen LogP contribution in [-0.2, 0) is 11.2 Å². The Morgan fingerprint density at radius 2 is 1.78 bits per heavy atom. The first kappa shape index (κ1) is 21.4. The standard InChI is InChI=1S/C25H24N3O4/c1-15(29)17-5-7-18(8-6-17)25-20-14-19(9-10-21(20)27-28-25)26-24(30)13-16-4-11-22(31-2)23(12-16)32-3/h4-12,14-15H,13H2,1-3H3,(H,26,30)(H,27,28)/q-1. The highest BCUT2D eigenvalue weighted by molar-refractivity contribution is 5.98. The van der Waals surface area contributed by atoms with Gasteiger partial charge in [-0.2, -0.15) is 5.10 Å². The highest BCUT2D eigenvalue weighted by Gasteiger charge is 2.12. The molecule has 0 aliphatic carbocycles. The molecule has 0 spiro atoms. The zero-order valence-corrected chi connectivity index (χ0v) is 18.1. The summed E-state index contributed by atoms with van der Waals surface area (Å²) in [6.45, 7) is 1.62. The first-order valence-corrected chi connectivity index (χ1v) is 10.2. The maximum Gasteiger partial charge on any atom is 0.228 e. The second-order valence-electron chi connectivity index (χ2n) is 7.51. The summed E-state index contributed by atoms with van der Waals surface area (Å²) >= 11 is 0. The predicted molar refractivity (Wildman–Crippen MR) is 122 cm³/mol. The van der Waals surface area contributed by atoms with Gasteiger partial charge in [-0.05, 0) is 35.9 Å². The van der Waals surface area contributed by atoms with E-state index in [9.17, 15) is 9.90 Å². The third kappa shape index (κ3) is 4.43. The Hall–Kier alpha value is -3.84. The van der Waals surface area contributed by atoms with Crippen molar-refractivity contribution < 1.29 is 19.4 Å². The van der Waals surface area contributed by atoms with Crippen molar-refractivity contribution in [3.05, 3.63) is 71.8 Å². The fourth-order valence-corrected chi connectivity index (χ4v) is 3.61. The molecule has 2 N–H and O–H groups in total. The molecule has 0 aliphatic heterocycles. The Bertz CT molecular complexity index is 1250. The van der Waals surface area contributed by atoms with Crippen LogP contribution < -0.4 is 19.9 Å². The minimum atomic E-state index is -0.771. The van der Waals surface area contributed by atoms with Crippen LogP contribution in [0.1, 0.15) is 24.2 Å². The topological polar surface area (TPSA) is 99.3 Å². The second-order valence-corrected chi connectivity index (χ2v) is 7.51. The van der Waals surface area contributed by atoms with Crippen LogP contribution in [0.15, 0.2) is 60.7 Å². The van der Waals surface area contributed by atoms with Crippen molar-refractivity contribution in [2.24, 2.45) is 0 Å². The Kier molecular flexibility index (Phi) is 6.09. The van der Waals surface area contributed by atoms with Crippen molar-refractivity contribution in [2.75, 3.05) is 19.5 Å². The number of H-pyrrole nitrogens is 1. The summed E-state index contributed by atoms with van der Waals surface area (Å²) < 4.78 is 10.5. The number of nitrogens with one attached hydrogen (secondary N) is 2. The van der Waals surface area contributed by atoms with Crippen LogP contribution in [0.2, 0.25) is 0 Å². The molecular weight excluding hydrogens is 406 g/mol. The monoisotopic (exact) mass is 430 g/mol. The van der Waals surface area contributed by atoms with Gasteiger partial charge in [-0.3, -0.25) is 9.89 Å². The van der Waals surface area contributed by atoms with E-state index in [1.54, 1.807) is 33.3 Å². The van der Waals surface area contributed by atoms with Crippen molar-refractivity contribution in [3.8, 4) is 22.8 Å². The van der Waals surface area contributed by atoms with Crippen LogP contribution in [0.3, 0.4) is 0 Å². The molecule has 0 saturated heterocycles. The molecule has 1 amide bonds. The Morgan fingerprint density at radius 1 is 1.03 bits per heavy atom. The number of carbonyl (C=O) groups excluding carboxylic acids is 1. The molecule has 3 aromatic carbocycles. The molecule has 0 fully saturated rings. The highest BCUT2D eigenvalue weighted by atomic mass is 16.5. The molecule has 0 aliphatic rings. The lowest BCUT2D eigenvalue weighted by molar-refractivity contribution is -0.420. The van der Waals surface area contributed by atoms with Crippen LogP contribution in [0.4, 0.5) is 5.69 Å².